The van der Waals surface area contributed by atoms with E-state index in [1.807, 2.05) is 0 Å². The SMILES string of the molecule is CCCCCCCOCCOCCC(=O)Nc1ccc2c(c1)C(=O)N(C)C[C@H](OC)CCN(Cc1ccc(C3=NCCC=C3)cc1)CCO2. The smallest absolute Gasteiger partial charge is 0.257 e. The lowest BCUT2D eigenvalue weighted by Crippen LogP contribution is -2.39. The molecule has 1 atom stereocenters. The number of hydrogen-bond donors (Lipinski definition) is 1. The standard InChI is InChI=1S/C39H56N4O6/c1-4-5-6-7-10-23-47-26-27-48-24-19-38(44)41-33-16-17-37-35(28-33)39(45)42(2)30-34(46-3)18-21-43(22-25-49-37)29-31-12-14-32(15-13-31)36-11-8-9-20-40-36/h8,11-17,28,34H,4-7,9-10,18-27,29-30H2,1-3H3,(H,41,44)/t34-/m1/s1. The van der Waals surface area contributed by atoms with E-state index in [9.17, 15) is 9.59 Å². The first-order valence-electron chi connectivity index (χ1n) is 18.0. The second kappa shape index (κ2) is 21.5. The lowest BCUT2D eigenvalue weighted by atomic mass is 10.0. The van der Waals surface area contributed by atoms with E-state index in [-0.39, 0.29) is 24.3 Å². The summed E-state index contributed by atoms with van der Waals surface area (Å²) >= 11 is 0. The minimum atomic E-state index is -0.184. The molecular weight excluding hydrogens is 620 g/mol. The number of methoxy groups -OCH3 is 1. The van der Waals surface area contributed by atoms with E-state index in [1.54, 1.807) is 37.3 Å². The van der Waals surface area contributed by atoms with Gasteiger partial charge in [0.25, 0.3) is 5.91 Å². The molecule has 0 saturated carbocycles. The zero-order chi connectivity index (χ0) is 34.7. The maximum absolute atomic E-state index is 13.6. The highest BCUT2D eigenvalue weighted by Gasteiger charge is 2.23. The first-order valence-corrected chi connectivity index (χ1v) is 18.0. The molecule has 0 spiro atoms. The molecule has 268 valence electrons. The number of dihydropyridines is 1. The normalized spacial score (nSPS) is 17.4. The fraction of sp³-hybridized carbons (Fsp3) is 0.564. The van der Waals surface area contributed by atoms with E-state index in [0.717, 1.165) is 56.8 Å². The van der Waals surface area contributed by atoms with Crippen LogP contribution < -0.4 is 10.1 Å². The number of hydrogen-bond acceptors (Lipinski definition) is 8. The molecule has 2 aromatic rings. The number of benzene rings is 2. The van der Waals surface area contributed by atoms with Crippen molar-refractivity contribution in [1.82, 2.24) is 9.80 Å². The highest BCUT2D eigenvalue weighted by atomic mass is 16.5. The number of ether oxygens (including phenoxy) is 4. The van der Waals surface area contributed by atoms with Crippen LogP contribution in [0.1, 0.15) is 79.8 Å². The third-order valence-corrected chi connectivity index (χ3v) is 8.83. The van der Waals surface area contributed by atoms with Crippen LogP contribution in [0.3, 0.4) is 0 Å². The van der Waals surface area contributed by atoms with Gasteiger partial charge < -0.3 is 29.2 Å². The van der Waals surface area contributed by atoms with Crippen molar-refractivity contribution in [1.29, 1.82) is 0 Å². The molecule has 2 heterocycles. The summed E-state index contributed by atoms with van der Waals surface area (Å²) in [6, 6.07) is 13.8. The van der Waals surface area contributed by atoms with Gasteiger partial charge in [-0.1, -0.05) is 62.9 Å². The predicted molar refractivity (Wildman–Crippen MR) is 195 cm³/mol. The first kappa shape index (κ1) is 38.2. The predicted octanol–water partition coefficient (Wildman–Crippen LogP) is 6.14. The third kappa shape index (κ3) is 13.3. The Kier molecular flexibility index (Phi) is 16.8. The van der Waals surface area contributed by atoms with Crippen LogP contribution in [-0.2, 0) is 25.5 Å². The van der Waals surface area contributed by atoms with Crippen molar-refractivity contribution in [3.05, 3.63) is 71.3 Å². The number of likely N-dealkylation sites (N-methyl/N-ethyl adjacent to an activating group) is 1. The molecule has 2 aromatic carbocycles. The summed E-state index contributed by atoms with van der Waals surface area (Å²) in [6.45, 7) is 8.17. The van der Waals surface area contributed by atoms with Crippen LogP contribution in [-0.4, -0.2) is 107 Å². The molecule has 2 amide bonds. The van der Waals surface area contributed by atoms with Crippen LogP contribution >= 0.6 is 0 Å². The Hall–Kier alpha value is -3.57. The summed E-state index contributed by atoms with van der Waals surface area (Å²) in [5.41, 5.74) is 4.32. The minimum Gasteiger partial charge on any atom is -0.491 e. The number of anilines is 1. The van der Waals surface area contributed by atoms with Gasteiger partial charge in [0.15, 0.2) is 0 Å². The Morgan fingerprint density at radius 3 is 2.55 bits per heavy atom. The quantitative estimate of drug-likeness (QED) is 0.201. The fourth-order valence-corrected chi connectivity index (χ4v) is 5.91. The van der Waals surface area contributed by atoms with Crippen molar-refractivity contribution in [3.63, 3.8) is 0 Å². The molecule has 10 heteroatoms. The second-order valence-electron chi connectivity index (χ2n) is 12.8. The molecule has 10 nitrogen and oxygen atoms in total. The molecule has 4 rings (SSSR count). The number of allylic oxidation sites excluding steroid dienone is 1. The van der Waals surface area contributed by atoms with Crippen LogP contribution in [0, 0.1) is 0 Å². The van der Waals surface area contributed by atoms with E-state index >= 15 is 0 Å². The number of nitrogens with zero attached hydrogens (tertiary/aromatic N) is 3. The van der Waals surface area contributed by atoms with Gasteiger partial charge in [-0.15, -0.1) is 0 Å². The lowest BCUT2D eigenvalue weighted by molar-refractivity contribution is -0.117. The molecule has 2 aliphatic rings. The molecule has 2 aliphatic heterocycles. The van der Waals surface area contributed by atoms with Crippen LogP contribution in [0.5, 0.6) is 5.75 Å². The number of fused-ring (bicyclic) bond motifs is 1. The van der Waals surface area contributed by atoms with Crippen molar-refractivity contribution >= 4 is 23.2 Å². The summed E-state index contributed by atoms with van der Waals surface area (Å²) in [6.07, 6.45) is 12.2. The Bertz CT molecular complexity index is 1360. The fourth-order valence-electron chi connectivity index (χ4n) is 5.91. The van der Waals surface area contributed by atoms with Crippen LogP contribution in [0.4, 0.5) is 5.69 Å². The maximum atomic E-state index is 13.6. The monoisotopic (exact) mass is 676 g/mol. The highest BCUT2D eigenvalue weighted by molar-refractivity contribution is 6.09. The van der Waals surface area contributed by atoms with Crippen molar-refractivity contribution in [3.8, 4) is 5.75 Å². The van der Waals surface area contributed by atoms with Gasteiger partial charge in [-0.05, 0) is 54.7 Å². The topological polar surface area (TPSA) is 102 Å². The van der Waals surface area contributed by atoms with Crippen LogP contribution in [0.25, 0.3) is 0 Å². The van der Waals surface area contributed by atoms with Crippen molar-refractivity contribution in [2.24, 2.45) is 4.99 Å². The molecule has 0 bridgehead atoms. The van der Waals surface area contributed by atoms with Crippen molar-refractivity contribution in [2.45, 2.75) is 70.9 Å². The Morgan fingerprint density at radius 2 is 1.80 bits per heavy atom. The summed E-state index contributed by atoms with van der Waals surface area (Å²) in [5, 5.41) is 2.91. The van der Waals surface area contributed by atoms with E-state index in [1.165, 1.54) is 31.2 Å². The van der Waals surface area contributed by atoms with E-state index in [0.29, 0.717) is 56.5 Å². The highest BCUT2D eigenvalue weighted by Crippen LogP contribution is 2.26. The van der Waals surface area contributed by atoms with E-state index in [2.05, 4.69) is 58.6 Å². The van der Waals surface area contributed by atoms with Gasteiger partial charge in [0.2, 0.25) is 5.91 Å². The summed E-state index contributed by atoms with van der Waals surface area (Å²) in [4.78, 5) is 34.9. The largest absolute Gasteiger partial charge is 0.491 e. The Morgan fingerprint density at radius 1 is 1.00 bits per heavy atom. The van der Waals surface area contributed by atoms with Gasteiger partial charge in [-0.2, -0.15) is 0 Å². The lowest BCUT2D eigenvalue weighted by Gasteiger charge is -2.29. The van der Waals surface area contributed by atoms with E-state index < -0.39 is 0 Å². The Balaban J connectivity index is 1.30. The van der Waals surface area contributed by atoms with Crippen molar-refractivity contribution in [2.75, 3.05) is 78.7 Å². The molecule has 0 fully saturated rings. The Labute approximate surface area is 292 Å². The van der Waals surface area contributed by atoms with Gasteiger partial charge in [0, 0.05) is 59.2 Å². The molecule has 1 N–H and O–H groups in total. The van der Waals surface area contributed by atoms with Gasteiger partial charge in [0.1, 0.15) is 12.4 Å². The zero-order valence-electron chi connectivity index (χ0n) is 29.8. The zero-order valence-corrected chi connectivity index (χ0v) is 29.8. The van der Waals surface area contributed by atoms with Gasteiger partial charge in [-0.3, -0.25) is 19.5 Å². The minimum absolute atomic E-state index is 0.127. The second-order valence-corrected chi connectivity index (χ2v) is 12.8. The first-order chi connectivity index (χ1) is 24.0. The van der Waals surface area contributed by atoms with E-state index in [4.69, 9.17) is 18.9 Å². The number of unbranched alkanes of at least 4 members (excludes halogenated alkanes) is 4. The molecule has 0 aliphatic carbocycles. The average molecular weight is 677 g/mol. The average Bonchev–Trinajstić information content (AvgIpc) is 3.12. The maximum Gasteiger partial charge on any atom is 0.257 e. The summed E-state index contributed by atoms with van der Waals surface area (Å²) in [7, 11) is 3.46. The van der Waals surface area contributed by atoms with Gasteiger partial charge in [-0.25, -0.2) is 0 Å². The van der Waals surface area contributed by atoms with Crippen LogP contribution in [0.15, 0.2) is 59.6 Å². The van der Waals surface area contributed by atoms with Gasteiger partial charge in [0.05, 0.1) is 43.6 Å². The number of rotatable bonds is 17. The molecule has 0 radical (unpaired) electrons. The summed E-state index contributed by atoms with van der Waals surface area (Å²) in [5.74, 6) is 0.124. The van der Waals surface area contributed by atoms with Crippen molar-refractivity contribution < 1.29 is 28.5 Å². The van der Waals surface area contributed by atoms with Gasteiger partial charge >= 0.3 is 0 Å². The molecular formula is C39H56N4O6. The number of amides is 2. The number of aliphatic imine (C=N–C) groups is 1. The molecule has 0 aromatic heterocycles. The molecule has 0 unspecified atom stereocenters. The third-order valence-electron chi connectivity index (χ3n) is 8.83. The summed E-state index contributed by atoms with van der Waals surface area (Å²) < 4.78 is 23.2. The number of nitrogens with one attached hydrogen (secondary N) is 1. The molecule has 49 heavy (non-hydrogen) atoms. The molecule has 0 saturated heterocycles. The number of carbonyl (C=O) groups excluding carboxylic acids is 2. The van der Waals surface area contributed by atoms with Crippen LogP contribution in [0.2, 0.25) is 0 Å². The number of carbonyl (C=O) groups is 2.